The van der Waals surface area contributed by atoms with Gasteiger partial charge in [-0.3, -0.25) is 0 Å². The highest BCUT2D eigenvalue weighted by Crippen LogP contribution is 2.23. The number of nitrogens with zero attached hydrogens (tertiary/aromatic N) is 4. The number of fused-ring (bicyclic) bond motifs is 1. The first-order valence-corrected chi connectivity index (χ1v) is 6.22. The Labute approximate surface area is 99.8 Å². The van der Waals surface area contributed by atoms with Gasteiger partial charge in [-0.05, 0) is 24.8 Å². The molecule has 1 aliphatic rings. The van der Waals surface area contributed by atoms with E-state index in [2.05, 4.69) is 15.1 Å². The highest BCUT2D eigenvalue weighted by atomic mass is 16.5. The van der Waals surface area contributed by atoms with Gasteiger partial charge in [0, 0.05) is 12.4 Å². The lowest BCUT2D eigenvalue weighted by molar-refractivity contribution is 0.196. The van der Waals surface area contributed by atoms with Crippen LogP contribution in [0.1, 0.15) is 32.1 Å². The number of rotatable bonds is 3. The van der Waals surface area contributed by atoms with Gasteiger partial charge in [-0.25, -0.2) is 9.50 Å². The molecule has 5 nitrogen and oxygen atoms in total. The predicted octanol–water partition coefficient (Wildman–Crippen LogP) is 2.08. The standard InChI is InChI=1S/C12H16N4O/c1-2-5-10(6-3-1)9-17-12-14-11-13-7-4-8-16(11)15-12/h4,7-8,10H,1-3,5-6,9H2. The molecule has 0 aliphatic heterocycles. The lowest BCUT2D eigenvalue weighted by Gasteiger charge is -2.20. The lowest BCUT2D eigenvalue weighted by atomic mass is 9.90. The molecule has 2 heterocycles. The zero-order valence-corrected chi connectivity index (χ0v) is 9.75. The van der Waals surface area contributed by atoms with Gasteiger partial charge in [0.1, 0.15) is 0 Å². The molecule has 0 unspecified atom stereocenters. The second kappa shape index (κ2) is 4.69. The van der Waals surface area contributed by atoms with Gasteiger partial charge in [-0.15, -0.1) is 5.10 Å². The second-order valence-corrected chi connectivity index (χ2v) is 4.57. The van der Waals surface area contributed by atoms with Crippen LogP contribution in [0.2, 0.25) is 0 Å². The van der Waals surface area contributed by atoms with Crippen LogP contribution < -0.4 is 4.74 Å². The molecular weight excluding hydrogens is 216 g/mol. The average molecular weight is 232 g/mol. The molecule has 5 heteroatoms. The monoisotopic (exact) mass is 232 g/mol. The third-order valence-corrected chi connectivity index (χ3v) is 3.27. The molecule has 0 amide bonds. The Morgan fingerprint density at radius 2 is 2.18 bits per heavy atom. The SMILES string of the molecule is c1cnc2nc(OCC3CCCCC3)nn2c1. The summed E-state index contributed by atoms with van der Waals surface area (Å²) in [6.07, 6.45) is 10.1. The predicted molar refractivity (Wildman–Crippen MR) is 62.9 cm³/mol. The molecule has 0 spiro atoms. The van der Waals surface area contributed by atoms with Gasteiger partial charge in [-0.1, -0.05) is 19.3 Å². The molecule has 2 aromatic heterocycles. The molecule has 3 rings (SSSR count). The molecule has 2 aromatic rings. The quantitative estimate of drug-likeness (QED) is 0.813. The summed E-state index contributed by atoms with van der Waals surface area (Å²) in [6, 6.07) is 2.27. The zero-order chi connectivity index (χ0) is 11.5. The minimum absolute atomic E-state index is 0.439. The van der Waals surface area contributed by atoms with E-state index < -0.39 is 0 Å². The summed E-state index contributed by atoms with van der Waals surface area (Å²) in [6.45, 7) is 0.733. The minimum atomic E-state index is 0.439. The van der Waals surface area contributed by atoms with Crippen LogP contribution in [-0.4, -0.2) is 26.2 Å². The third kappa shape index (κ3) is 2.38. The first kappa shape index (κ1) is 10.5. The van der Waals surface area contributed by atoms with Crippen molar-refractivity contribution in [2.75, 3.05) is 6.61 Å². The molecule has 1 saturated carbocycles. The first-order valence-electron chi connectivity index (χ1n) is 6.22. The van der Waals surface area contributed by atoms with Gasteiger partial charge in [0.25, 0.3) is 5.78 Å². The Morgan fingerprint density at radius 3 is 3.00 bits per heavy atom. The molecule has 0 radical (unpaired) electrons. The van der Waals surface area contributed by atoms with E-state index in [1.54, 1.807) is 10.7 Å². The minimum Gasteiger partial charge on any atom is -0.462 e. The Balaban J connectivity index is 1.64. The summed E-state index contributed by atoms with van der Waals surface area (Å²) < 4.78 is 7.28. The molecule has 0 saturated heterocycles. The molecule has 1 fully saturated rings. The summed E-state index contributed by atoms with van der Waals surface area (Å²) >= 11 is 0. The maximum atomic E-state index is 5.65. The van der Waals surface area contributed by atoms with Crippen molar-refractivity contribution in [1.29, 1.82) is 0 Å². The van der Waals surface area contributed by atoms with E-state index in [0.717, 1.165) is 6.61 Å². The summed E-state index contributed by atoms with van der Waals surface area (Å²) in [5, 5.41) is 4.22. The molecule has 1 aliphatic carbocycles. The van der Waals surface area contributed by atoms with Crippen molar-refractivity contribution >= 4 is 5.78 Å². The van der Waals surface area contributed by atoms with E-state index in [9.17, 15) is 0 Å². The van der Waals surface area contributed by atoms with Crippen LogP contribution in [-0.2, 0) is 0 Å². The van der Waals surface area contributed by atoms with Crippen molar-refractivity contribution in [3.8, 4) is 6.01 Å². The lowest BCUT2D eigenvalue weighted by Crippen LogP contribution is -2.15. The van der Waals surface area contributed by atoms with Gasteiger partial charge in [-0.2, -0.15) is 4.98 Å². The van der Waals surface area contributed by atoms with Gasteiger partial charge < -0.3 is 4.74 Å². The first-order chi connectivity index (χ1) is 8.42. The highest BCUT2D eigenvalue weighted by molar-refractivity contribution is 5.26. The normalized spacial score (nSPS) is 17.4. The van der Waals surface area contributed by atoms with E-state index in [4.69, 9.17) is 4.74 Å². The van der Waals surface area contributed by atoms with Crippen LogP contribution in [0.3, 0.4) is 0 Å². The number of ether oxygens (including phenoxy) is 1. The van der Waals surface area contributed by atoms with Gasteiger partial charge >= 0.3 is 6.01 Å². The molecule has 17 heavy (non-hydrogen) atoms. The topological polar surface area (TPSA) is 52.3 Å². The zero-order valence-electron chi connectivity index (χ0n) is 9.75. The van der Waals surface area contributed by atoms with Crippen LogP contribution in [0, 0.1) is 5.92 Å². The van der Waals surface area contributed by atoms with Crippen LogP contribution in [0.5, 0.6) is 6.01 Å². The fourth-order valence-corrected chi connectivity index (χ4v) is 2.32. The largest absolute Gasteiger partial charge is 0.462 e. The highest BCUT2D eigenvalue weighted by Gasteiger charge is 2.15. The van der Waals surface area contributed by atoms with E-state index in [0.29, 0.717) is 17.7 Å². The molecular formula is C12H16N4O. The van der Waals surface area contributed by atoms with Crippen molar-refractivity contribution < 1.29 is 4.74 Å². The number of hydrogen-bond acceptors (Lipinski definition) is 4. The fraction of sp³-hybridized carbons (Fsp3) is 0.583. The van der Waals surface area contributed by atoms with Crippen LogP contribution in [0.15, 0.2) is 18.5 Å². The van der Waals surface area contributed by atoms with Crippen LogP contribution in [0.25, 0.3) is 5.78 Å². The maximum Gasteiger partial charge on any atom is 0.337 e. The van der Waals surface area contributed by atoms with Crippen LogP contribution >= 0.6 is 0 Å². The summed E-state index contributed by atoms with van der Waals surface area (Å²) in [4.78, 5) is 8.32. The van der Waals surface area contributed by atoms with Crippen molar-refractivity contribution in [1.82, 2.24) is 19.6 Å². The summed E-state index contributed by atoms with van der Waals surface area (Å²) in [5.74, 6) is 1.26. The van der Waals surface area contributed by atoms with Crippen LogP contribution in [0.4, 0.5) is 0 Å². The van der Waals surface area contributed by atoms with E-state index in [1.807, 2.05) is 12.3 Å². The fourth-order valence-electron chi connectivity index (χ4n) is 2.32. The molecule has 0 bridgehead atoms. The number of aromatic nitrogens is 4. The Bertz CT molecular complexity index is 457. The Kier molecular flexibility index (Phi) is 2.90. The van der Waals surface area contributed by atoms with E-state index in [-0.39, 0.29) is 0 Å². The van der Waals surface area contributed by atoms with Gasteiger partial charge in [0.05, 0.1) is 6.61 Å². The van der Waals surface area contributed by atoms with Crippen molar-refractivity contribution in [3.05, 3.63) is 18.5 Å². The Hall–Kier alpha value is -1.65. The average Bonchev–Trinajstić information content (AvgIpc) is 2.80. The van der Waals surface area contributed by atoms with Gasteiger partial charge in [0.15, 0.2) is 0 Å². The molecule has 0 atom stereocenters. The number of hydrogen-bond donors (Lipinski definition) is 0. The second-order valence-electron chi connectivity index (χ2n) is 4.57. The maximum absolute atomic E-state index is 5.65. The van der Waals surface area contributed by atoms with Gasteiger partial charge in [0.2, 0.25) is 0 Å². The van der Waals surface area contributed by atoms with Crippen molar-refractivity contribution in [2.24, 2.45) is 5.92 Å². The third-order valence-electron chi connectivity index (χ3n) is 3.27. The Morgan fingerprint density at radius 1 is 1.29 bits per heavy atom. The van der Waals surface area contributed by atoms with Crippen molar-refractivity contribution in [3.63, 3.8) is 0 Å². The summed E-state index contributed by atoms with van der Waals surface area (Å²) in [7, 11) is 0. The summed E-state index contributed by atoms with van der Waals surface area (Å²) in [5.41, 5.74) is 0. The molecule has 90 valence electrons. The van der Waals surface area contributed by atoms with E-state index >= 15 is 0 Å². The van der Waals surface area contributed by atoms with E-state index in [1.165, 1.54) is 32.1 Å². The molecule has 0 aromatic carbocycles. The van der Waals surface area contributed by atoms with Crippen molar-refractivity contribution in [2.45, 2.75) is 32.1 Å². The smallest absolute Gasteiger partial charge is 0.337 e. The molecule has 0 N–H and O–H groups in total.